The molecule has 0 aromatic heterocycles. The molecule has 4 nitrogen and oxygen atoms in total. The summed E-state index contributed by atoms with van der Waals surface area (Å²) in [4.78, 5) is 12.2. The van der Waals surface area contributed by atoms with Crippen molar-refractivity contribution in [2.24, 2.45) is 0 Å². The molecule has 0 fully saturated rings. The molecule has 0 spiro atoms. The number of esters is 1. The number of hydrogen-bond acceptors (Lipinski definition) is 4. The van der Waals surface area contributed by atoms with E-state index in [9.17, 15) is 9.00 Å². The first-order valence-corrected chi connectivity index (χ1v) is 9.72. The summed E-state index contributed by atoms with van der Waals surface area (Å²) in [5.74, 6) is 0.464. The number of benzene rings is 1. The lowest BCUT2D eigenvalue weighted by Gasteiger charge is -2.19. The first kappa shape index (κ1) is 20.1. The van der Waals surface area contributed by atoms with E-state index in [1.165, 1.54) is 0 Å². The topological polar surface area (TPSA) is 52.6 Å². The predicted octanol–water partition coefficient (Wildman–Crippen LogP) is 3.84. The fourth-order valence-corrected chi connectivity index (χ4v) is 3.30. The standard InChI is InChI=1S/C17H25ClO4S/c1-4-5-10-23(20)12-16(11-21-13(2)3)22-17(19)14-6-8-15(18)9-7-14/h6-9,13,16H,4-5,10-12H2,1-3H3/t16-,23-/m0/s1. The summed E-state index contributed by atoms with van der Waals surface area (Å²) in [6.07, 6.45) is 1.40. The van der Waals surface area contributed by atoms with Gasteiger partial charge in [0.15, 0.2) is 0 Å². The summed E-state index contributed by atoms with van der Waals surface area (Å²) in [7, 11) is -1.02. The van der Waals surface area contributed by atoms with Crippen LogP contribution in [0.3, 0.4) is 0 Å². The van der Waals surface area contributed by atoms with E-state index < -0.39 is 22.9 Å². The van der Waals surface area contributed by atoms with Gasteiger partial charge in [0, 0.05) is 21.6 Å². The Morgan fingerprint density at radius 2 is 1.91 bits per heavy atom. The van der Waals surface area contributed by atoms with Gasteiger partial charge in [-0.25, -0.2) is 4.79 Å². The van der Waals surface area contributed by atoms with E-state index in [0.29, 0.717) is 22.1 Å². The zero-order chi connectivity index (χ0) is 17.2. The summed E-state index contributed by atoms with van der Waals surface area (Å²) >= 11 is 5.81. The first-order chi connectivity index (χ1) is 10.9. The average Bonchev–Trinajstić information content (AvgIpc) is 2.51. The van der Waals surface area contributed by atoms with Crippen molar-refractivity contribution in [3.05, 3.63) is 34.9 Å². The molecular formula is C17H25ClO4S. The molecule has 0 amide bonds. The number of carbonyl (C=O) groups excluding carboxylic acids is 1. The smallest absolute Gasteiger partial charge is 0.338 e. The number of halogens is 1. The number of unbranched alkanes of at least 4 members (excludes halogenated alkanes) is 1. The van der Waals surface area contributed by atoms with Crippen LogP contribution in [0.4, 0.5) is 0 Å². The van der Waals surface area contributed by atoms with Crippen LogP contribution in [0.5, 0.6) is 0 Å². The highest BCUT2D eigenvalue weighted by atomic mass is 35.5. The monoisotopic (exact) mass is 360 g/mol. The Kier molecular flexibility index (Phi) is 9.44. The van der Waals surface area contributed by atoms with Crippen LogP contribution in [-0.4, -0.2) is 40.5 Å². The Labute approximate surface area is 146 Å². The number of carbonyl (C=O) groups is 1. The summed E-state index contributed by atoms with van der Waals surface area (Å²) in [5.41, 5.74) is 0.420. The van der Waals surface area contributed by atoms with Crippen LogP contribution in [-0.2, 0) is 20.3 Å². The Morgan fingerprint density at radius 3 is 2.48 bits per heavy atom. The Bertz CT molecular complexity index is 502. The normalized spacial score (nSPS) is 13.8. The van der Waals surface area contributed by atoms with E-state index in [1.54, 1.807) is 24.3 Å². The average molecular weight is 361 g/mol. The molecule has 1 aromatic rings. The molecule has 0 aliphatic rings. The van der Waals surface area contributed by atoms with Gasteiger partial charge in [0.2, 0.25) is 0 Å². The molecule has 0 unspecified atom stereocenters. The molecule has 0 aliphatic heterocycles. The Balaban J connectivity index is 2.64. The maximum absolute atomic E-state index is 12.2. The molecule has 1 aromatic carbocycles. The Morgan fingerprint density at radius 1 is 1.26 bits per heavy atom. The maximum atomic E-state index is 12.2. The molecule has 1 rings (SSSR count). The van der Waals surface area contributed by atoms with Gasteiger partial charge in [-0.3, -0.25) is 4.21 Å². The van der Waals surface area contributed by atoms with Crippen molar-refractivity contribution in [1.82, 2.24) is 0 Å². The molecule has 23 heavy (non-hydrogen) atoms. The summed E-state index contributed by atoms with van der Waals surface area (Å²) in [6.45, 7) is 6.12. The molecule has 0 saturated heterocycles. The molecule has 0 bridgehead atoms. The van der Waals surface area contributed by atoms with Crippen molar-refractivity contribution in [2.75, 3.05) is 18.1 Å². The van der Waals surface area contributed by atoms with Crippen molar-refractivity contribution in [3.8, 4) is 0 Å². The van der Waals surface area contributed by atoms with Gasteiger partial charge in [-0.05, 0) is 44.5 Å². The highest BCUT2D eigenvalue weighted by Gasteiger charge is 2.19. The fourth-order valence-electron chi connectivity index (χ4n) is 1.82. The van der Waals surface area contributed by atoms with E-state index >= 15 is 0 Å². The van der Waals surface area contributed by atoms with E-state index in [1.807, 2.05) is 13.8 Å². The minimum atomic E-state index is -1.02. The second-order valence-electron chi connectivity index (χ2n) is 5.58. The van der Waals surface area contributed by atoms with E-state index in [4.69, 9.17) is 21.1 Å². The third kappa shape index (κ3) is 8.49. The maximum Gasteiger partial charge on any atom is 0.338 e. The van der Waals surface area contributed by atoms with Gasteiger partial charge < -0.3 is 9.47 Å². The van der Waals surface area contributed by atoms with Gasteiger partial charge in [0.1, 0.15) is 6.10 Å². The third-order valence-electron chi connectivity index (χ3n) is 3.07. The molecule has 2 atom stereocenters. The summed E-state index contributed by atoms with van der Waals surface area (Å²) in [5, 5.41) is 0.557. The Hall–Kier alpha value is -0.910. The van der Waals surface area contributed by atoms with E-state index in [2.05, 4.69) is 6.92 Å². The lowest BCUT2D eigenvalue weighted by Crippen LogP contribution is -2.31. The number of ether oxygens (including phenoxy) is 2. The van der Waals surface area contributed by atoms with Crippen molar-refractivity contribution in [3.63, 3.8) is 0 Å². The van der Waals surface area contributed by atoms with Crippen LogP contribution in [0.15, 0.2) is 24.3 Å². The molecule has 0 heterocycles. The molecule has 0 saturated carbocycles. The van der Waals surface area contributed by atoms with Gasteiger partial charge >= 0.3 is 5.97 Å². The largest absolute Gasteiger partial charge is 0.455 e. The minimum absolute atomic E-state index is 0.0239. The third-order valence-corrected chi connectivity index (χ3v) is 4.81. The molecule has 6 heteroatoms. The van der Waals surface area contributed by atoms with Crippen LogP contribution >= 0.6 is 11.6 Å². The van der Waals surface area contributed by atoms with Crippen molar-refractivity contribution in [2.45, 2.75) is 45.8 Å². The summed E-state index contributed by atoms with van der Waals surface area (Å²) < 4.78 is 23.1. The highest BCUT2D eigenvalue weighted by Crippen LogP contribution is 2.12. The SMILES string of the molecule is CCCC[S@](=O)C[C@H](COC(C)C)OC(=O)c1ccc(Cl)cc1. The van der Waals surface area contributed by atoms with Crippen LogP contribution in [0.25, 0.3) is 0 Å². The number of hydrogen-bond donors (Lipinski definition) is 0. The molecule has 0 radical (unpaired) electrons. The second-order valence-corrected chi connectivity index (χ2v) is 7.64. The van der Waals surface area contributed by atoms with Crippen LogP contribution in [0, 0.1) is 0 Å². The highest BCUT2D eigenvalue weighted by molar-refractivity contribution is 7.85. The fraction of sp³-hybridized carbons (Fsp3) is 0.588. The van der Waals surface area contributed by atoms with Crippen LogP contribution in [0.2, 0.25) is 5.02 Å². The van der Waals surface area contributed by atoms with Gasteiger partial charge in [0.25, 0.3) is 0 Å². The quantitative estimate of drug-likeness (QED) is 0.595. The zero-order valence-electron chi connectivity index (χ0n) is 13.9. The van der Waals surface area contributed by atoms with Crippen molar-refractivity contribution >= 4 is 28.4 Å². The molecule has 0 N–H and O–H groups in total. The summed E-state index contributed by atoms with van der Waals surface area (Å²) in [6, 6.07) is 6.49. The van der Waals surface area contributed by atoms with Gasteiger partial charge in [-0.1, -0.05) is 24.9 Å². The molecule has 0 aliphatic carbocycles. The second kappa shape index (κ2) is 10.8. The van der Waals surface area contributed by atoms with Gasteiger partial charge in [-0.2, -0.15) is 0 Å². The molecular weight excluding hydrogens is 336 g/mol. The van der Waals surface area contributed by atoms with Crippen LogP contribution < -0.4 is 0 Å². The van der Waals surface area contributed by atoms with Gasteiger partial charge in [0.05, 0.1) is 24.0 Å². The zero-order valence-corrected chi connectivity index (χ0v) is 15.5. The lowest BCUT2D eigenvalue weighted by atomic mass is 10.2. The van der Waals surface area contributed by atoms with E-state index in [-0.39, 0.29) is 12.7 Å². The number of rotatable bonds is 10. The van der Waals surface area contributed by atoms with Gasteiger partial charge in [-0.15, -0.1) is 0 Å². The van der Waals surface area contributed by atoms with Crippen molar-refractivity contribution < 1.29 is 18.5 Å². The first-order valence-electron chi connectivity index (χ1n) is 7.85. The molecule has 130 valence electrons. The predicted molar refractivity (Wildman–Crippen MR) is 94.5 cm³/mol. The van der Waals surface area contributed by atoms with E-state index in [0.717, 1.165) is 12.8 Å². The van der Waals surface area contributed by atoms with Crippen molar-refractivity contribution in [1.29, 1.82) is 0 Å². The lowest BCUT2D eigenvalue weighted by molar-refractivity contribution is -0.0121. The van der Waals surface area contributed by atoms with Crippen LogP contribution in [0.1, 0.15) is 44.0 Å². The minimum Gasteiger partial charge on any atom is -0.455 e.